The fourth-order valence-electron chi connectivity index (χ4n) is 2.04. The van der Waals surface area contributed by atoms with E-state index in [1.807, 2.05) is 70.2 Å². The molecule has 0 heterocycles. The minimum Gasteiger partial charge on any atom is -0.491 e. The number of rotatable bonds is 4. The molecule has 0 fully saturated rings. The summed E-state index contributed by atoms with van der Waals surface area (Å²) in [5.41, 5.74) is 3.67. The molecule has 2 aromatic rings. The number of aryl methyl sites for hydroxylation is 2. The molecule has 0 aliphatic rings. The standard InChI is InChI=1S/C18H22N2O2/c1-12(2)22-16-9-7-15(8-10-16)19-18(21)20-17-11-13(3)5-6-14(17)4/h5-12H,1-4H3,(H2,19,20,21). The van der Waals surface area contributed by atoms with Gasteiger partial charge in [0, 0.05) is 11.4 Å². The maximum absolute atomic E-state index is 12.1. The predicted octanol–water partition coefficient (Wildman–Crippen LogP) is 4.73. The average Bonchev–Trinajstić information content (AvgIpc) is 2.44. The van der Waals surface area contributed by atoms with Crippen LogP contribution in [0.15, 0.2) is 42.5 Å². The highest BCUT2D eigenvalue weighted by molar-refractivity contribution is 6.00. The Bertz CT molecular complexity index is 649. The molecule has 0 saturated carbocycles. The highest BCUT2D eigenvalue weighted by Gasteiger charge is 2.06. The van der Waals surface area contributed by atoms with Gasteiger partial charge < -0.3 is 15.4 Å². The molecule has 116 valence electrons. The van der Waals surface area contributed by atoms with Gasteiger partial charge in [0.2, 0.25) is 0 Å². The molecule has 2 amide bonds. The van der Waals surface area contributed by atoms with Crippen molar-refractivity contribution in [2.24, 2.45) is 0 Å². The van der Waals surface area contributed by atoms with Gasteiger partial charge in [-0.2, -0.15) is 0 Å². The van der Waals surface area contributed by atoms with Crippen molar-refractivity contribution in [3.63, 3.8) is 0 Å². The summed E-state index contributed by atoms with van der Waals surface area (Å²) in [6.45, 7) is 7.91. The number of amides is 2. The van der Waals surface area contributed by atoms with Crippen LogP contribution in [-0.2, 0) is 0 Å². The fraction of sp³-hybridized carbons (Fsp3) is 0.278. The third-order valence-corrected chi connectivity index (χ3v) is 3.13. The number of urea groups is 1. The normalized spacial score (nSPS) is 10.4. The van der Waals surface area contributed by atoms with E-state index in [0.717, 1.165) is 28.3 Å². The van der Waals surface area contributed by atoms with E-state index in [1.165, 1.54) is 0 Å². The maximum Gasteiger partial charge on any atom is 0.323 e. The summed E-state index contributed by atoms with van der Waals surface area (Å²) in [7, 11) is 0. The molecular formula is C18H22N2O2. The van der Waals surface area contributed by atoms with Crippen LogP contribution in [-0.4, -0.2) is 12.1 Å². The second-order valence-electron chi connectivity index (χ2n) is 5.59. The van der Waals surface area contributed by atoms with Gasteiger partial charge in [-0.05, 0) is 69.2 Å². The lowest BCUT2D eigenvalue weighted by Gasteiger charge is -2.12. The van der Waals surface area contributed by atoms with Crippen LogP contribution >= 0.6 is 0 Å². The van der Waals surface area contributed by atoms with Crippen LogP contribution in [0.25, 0.3) is 0 Å². The molecule has 2 aromatic carbocycles. The minimum absolute atomic E-state index is 0.131. The van der Waals surface area contributed by atoms with Crippen LogP contribution in [0, 0.1) is 13.8 Å². The first-order valence-corrected chi connectivity index (χ1v) is 7.36. The first kappa shape index (κ1) is 15.9. The Hall–Kier alpha value is -2.49. The lowest BCUT2D eigenvalue weighted by Crippen LogP contribution is -2.20. The van der Waals surface area contributed by atoms with Gasteiger partial charge in [0.1, 0.15) is 5.75 Å². The molecule has 22 heavy (non-hydrogen) atoms. The molecule has 0 aliphatic heterocycles. The van der Waals surface area contributed by atoms with Gasteiger partial charge in [-0.25, -0.2) is 4.79 Å². The zero-order valence-corrected chi connectivity index (χ0v) is 13.4. The van der Waals surface area contributed by atoms with E-state index in [9.17, 15) is 4.79 Å². The van der Waals surface area contributed by atoms with Crippen LogP contribution in [0.1, 0.15) is 25.0 Å². The Balaban J connectivity index is 1.98. The van der Waals surface area contributed by atoms with E-state index < -0.39 is 0 Å². The first-order chi connectivity index (χ1) is 10.4. The zero-order valence-electron chi connectivity index (χ0n) is 13.4. The Kier molecular flexibility index (Phi) is 5.04. The predicted molar refractivity (Wildman–Crippen MR) is 90.8 cm³/mol. The third kappa shape index (κ3) is 4.52. The van der Waals surface area contributed by atoms with Gasteiger partial charge in [0.15, 0.2) is 0 Å². The van der Waals surface area contributed by atoms with E-state index in [0.29, 0.717) is 0 Å². The minimum atomic E-state index is -0.258. The molecule has 0 bridgehead atoms. The van der Waals surface area contributed by atoms with Crippen molar-refractivity contribution in [2.75, 3.05) is 10.6 Å². The summed E-state index contributed by atoms with van der Waals surface area (Å²) in [5.74, 6) is 0.787. The Morgan fingerprint density at radius 3 is 2.32 bits per heavy atom. The molecule has 4 nitrogen and oxygen atoms in total. The largest absolute Gasteiger partial charge is 0.491 e. The molecule has 2 rings (SSSR count). The topological polar surface area (TPSA) is 50.4 Å². The molecule has 0 unspecified atom stereocenters. The summed E-state index contributed by atoms with van der Waals surface area (Å²) in [4.78, 5) is 12.1. The van der Waals surface area contributed by atoms with Gasteiger partial charge in [-0.15, -0.1) is 0 Å². The lowest BCUT2D eigenvalue weighted by molar-refractivity contribution is 0.242. The van der Waals surface area contributed by atoms with Gasteiger partial charge in [-0.1, -0.05) is 12.1 Å². The number of anilines is 2. The van der Waals surface area contributed by atoms with E-state index in [4.69, 9.17) is 4.74 Å². The third-order valence-electron chi connectivity index (χ3n) is 3.13. The molecule has 0 aromatic heterocycles. The molecule has 4 heteroatoms. The van der Waals surface area contributed by atoms with Gasteiger partial charge in [-0.3, -0.25) is 0 Å². The molecule has 0 atom stereocenters. The summed E-state index contributed by atoms with van der Waals surface area (Å²) in [6, 6.07) is 13.0. The van der Waals surface area contributed by atoms with Gasteiger partial charge in [0.05, 0.1) is 6.10 Å². The molecule has 0 spiro atoms. The number of ether oxygens (including phenoxy) is 1. The summed E-state index contributed by atoms with van der Waals surface area (Å²) < 4.78 is 5.57. The average molecular weight is 298 g/mol. The Morgan fingerprint density at radius 2 is 1.68 bits per heavy atom. The highest BCUT2D eigenvalue weighted by atomic mass is 16.5. The summed E-state index contributed by atoms with van der Waals surface area (Å²) in [5, 5.41) is 5.68. The van der Waals surface area contributed by atoms with Crippen molar-refractivity contribution in [3.8, 4) is 5.75 Å². The monoisotopic (exact) mass is 298 g/mol. The van der Waals surface area contributed by atoms with E-state index in [1.54, 1.807) is 0 Å². The fourth-order valence-corrected chi connectivity index (χ4v) is 2.04. The second kappa shape index (κ2) is 6.98. The SMILES string of the molecule is Cc1ccc(C)c(NC(=O)Nc2ccc(OC(C)C)cc2)c1. The number of carbonyl (C=O) groups excluding carboxylic acids is 1. The van der Waals surface area contributed by atoms with E-state index in [2.05, 4.69) is 10.6 Å². The van der Waals surface area contributed by atoms with Crippen LogP contribution in [0.5, 0.6) is 5.75 Å². The molecule has 0 saturated heterocycles. The van der Waals surface area contributed by atoms with Crippen molar-refractivity contribution in [1.82, 2.24) is 0 Å². The van der Waals surface area contributed by atoms with Gasteiger partial charge >= 0.3 is 6.03 Å². The van der Waals surface area contributed by atoms with Crippen molar-refractivity contribution in [2.45, 2.75) is 33.8 Å². The Labute approximate surface area is 131 Å². The van der Waals surface area contributed by atoms with Crippen LogP contribution < -0.4 is 15.4 Å². The summed E-state index contributed by atoms with van der Waals surface area (Å²) in [6.07, 6.45) is 0.131. The van der Waals surface area contributed by atoms with Crippen molar-refractivity contribution in [1.29, 1.82) is 0 Å². The van der Waals surface area contributed by atoms with Crippen LogP contribution in [0.2, 0.25) is 0 Å². The number of nitrogens with one attached hydrogen (secondary N) is 2. The molecule has 2 N–H and O–H groups in total. The van der Waals surface area contributed by atoms with E-state index in [-0.39, 0.29) is 12.1 Å². The van der Waals surface area contributed by atoms with Crippen molar-refractivity contribution >= 4 is 17.4 Å². The molecular weight excluding hydrogens is 276 g/mol. The molecule has 0 aliphatic carbocycles. The number of hydrogen-bond donors (Lipinski definition) is 2. The van der Waals surface area contributed by atoms with Gasteiger partial charge in [0.25, 0.3) is 0 Å². The van der Waals surface area contributed by atoms with E-state index >= 15 is 0 Å². The lowest BCUT2D eigenvalue weighted by atomic mass is 10.1. The summed E-state index contributed by atoms with van der Waals surface area (Å²) >= 11 is 0. The molecule has 0 radical (unpaired) electrons. The van der Waals surface area contributed by atoms with Crippen molar-refractivity contribution < 1.29 is 9.53 Å². The quantitative estimate of drug-likeness (QED) is 0.857. The maximum atomic E-state index is 12.1. The van der Waals surface area contributed by atoms with Crippen LogP contribution in [0.3, 0.4) is 0 Å². The number of carbonyl (C=O) groups is 1. The zero-order chi connectivity index (χ0) is 16.1. The van der Waals surface area contributed by atoms with Crippen LogP contribution in [0.4, 0.5) is 16.2 Å². The second-order valence-corrected chi connectivity index (χ2v) is 5.59. The number of hydrogen-bond acceptors (Lipinski definition) is 2. The van der Waals surface area contributed by atoms with Crippen molar-refractivity contribution in [3.05, 3.63) is 53.6 Å². The highest BCUT2D eigenvalue weighted by Crippen LogP contribution is 2.19. The first-order valence-electron chi connectivity index (χ1n) is 7.36. The smallest absolute Gasteiger partial charge is 0.323 e. The Morgan fingerprint density at radius 1 is 1.00 bits per heavy atom. The number of benzene rings is 2.